The quantitative estimate of drug-likeness (QED) is 0.0722. The van der Waals surface area contributed by atoms with Gasteiger partial charge in [0, 0.05) is 18.9 Å². The number of rotatable bonds is 15. The van der Waals surface area contributed by atoms with Gasteiger partial charge >= 0.3 is 13.6 Å². The highest BCUT2D eigenvalue weighted by Crippen LogP contribution is 2.69. The highest BCUT2D eigenvalue weighted by Gasteiger charge is 2.69. The lowest BCUT2D eigenvalue weighted by molar-refractivity contribution is -0.301. The van der Waals surface area contributed by atoms with Gasteiger partial charge in [-0.25, -0.2) is 0 Å². The van der Waals surface area contributed by atoms with E-state index in [1.165, 1.54) is 44.9 Å². The fraction of sp³-hybridized carbons (Fsp3) is 0.939. The molecule has 4 saturated carbocycles. The maximum atomic E-state index is 12.7. The van der Waals surface area contributed by atoms with Gasteiger partial charge in [-0.1, -0.05) is 39.5 Å². The molecule has 1 amide bonds. The first-order valence-corrected chi connectivity index (χ1v) is 20.8. The van der Waals surface area contributed by atoms with Crippen molar-refractivity contribution in [3.63, 3.8) is 0 Å². The summed E-state index contributed by atoms with van der Waals surface area (Å²) in [6.07, 6.45) is 12.7. The van der Waals surface area contributed by atoms with Crippen LogP contribution in [0.25, 0.3) is 0 Å². The van der Waals surface area contributed by atoms with Gasteiger partial charge < -0.3 is 44.6 Å². The Morgan fingerprint density at radius 1 is 0.979 bits per heavy atom. The van der Waals surface area contributed by atoms with Crippen molar-refractivity contribution < 1.29 is 53.4 Å². The monoisotopic (exact) mass is 705 g/mol. The van der Waals surface area contributed by atoms with E-state index < -0.39 is 45.5 Å². The van der Waals surface area contributed by atoms with Crippen LogP contribution in [0.15, 0.2) is 0 Å². The minimum Gasteiger partial charge on any atom is -0.462 e. The molecule has 0 aromatic carbocycles. The molecule has 0 radical (unpaired) electrons. The van der Waals surface area contributed by atoms with Crippen molar-refractivity contribution in [2.45, 2.75) is 152 Å². The summed E-state index contributed by atoms with van der Waals surface area (Å²) < 4.78 is 24.1. The number of unbranched alkanes of at least 4 members (excludes halogenated alkanes) is 3. The zero-order valence-electron chi connectivity index (χ0n) is 28.0. The van der Waals surface area contributed by atoms with Gasteiger partial charge in [0.25, 0.3) is 0 Å². The molecule has 7 N–H and O–H groups in total. The van der Waals surface area contributed by atoms with E-state index in [2.05, 4.69) is 19.2 Å². The van der Waals surface area contributed by atoms with Gasteiger partial charge in [-0.05, 0) is 99.7 Å². The molecule has 5 rings (SSSR count). The summed E-state index contributed by atoms with van der Waals surface area (Å²) in [5.74, 6) is 1.34. The second-order valence-electron chi connectivity index (χ2n) is 15.4. The molecule has 12 nitrogen and oxygen atoms in total. The van der Waals surface area contributed by atoms with Gasteiger partial charge in [-0.3, -0.25) is 14.2 Å². The fourth-order valence-electron chi connectivity index (χ4n) is 10.6. The second kappa shape index (κ2) is 14.9. The number of hydrogen-bond acceptors (Lipinski definition) is 9. The van der Waals surface area contributed by atoms with Crippen molar-refractivity contribution in [1.82, 2.24) is 5.32 Å². The first-order chi connectivity index (χ1) is 22.2. The first kappa shape index (κ1) is 37.6. The van der Waals surface area contributed by atoms with Crippen LogP contribution in [0, 0.1) is 35.0 Å². The molecule has 47 heavy (non-hydrogen) atoms. The molecule has 5 aliphatic rings. The van der Waals surface area contributed by atoms with Gasteiger partial charge in [0.1, 0.15) is 6.10 Å². The van der Waals surface area contributed by atoms with Crippen molar-refractivity contribution in [3.8, 4) is 0 Å². The third kappa shape index (κ3) is 7.38. The number of fused-ring (bicyclic) bond motifs is 4. The minimum absolute atomic E-state index is 0.00664. The normalized spacial score (nSPS) is 39.1. The van der Waals surface area contributed by atoms with E-state index in [4.69, 9.17) is 9.47 Å². The lowest BCUT2D eigenvalue weighted by Gasteiger charge is -2.65. The van der Waals surface area contributed by atoms with E-state index in [0.29, 0.717) is 36.2 Å². The molecule has 0 aromatic rings. The molecule has 1 spiro atoms. The Kier molecular flexibility index (Phi) is 11.9. The summed E-state index contributed by atoms with van der Waals surface area (Å²) in [7, 11) is -8.52. The number of esters is 1. The Balaban J connectivity index is 1.06. The molecular weight excluding hydrogens is 648 g/mol. The molecule has 270 valence electrons. The largest absolute Gasteiger partial charge is 0.462 e. The van der Waals surface area contributed by atoms with E-state index in [-0.39, 0.29) is 48.8 Å². The molecule has 4 aliphatic carbocycles. The molecule has 1 heterocycles. The van der Waals surface area contributed by atoms with Gasteiger partial charge in [0.15, 0.2) is 0 Å². The van der Waals surface area contributed by atoms with E-state index in [0.717, 1.165) is 32.1 Å². The third-order valence-corrected chi connectivity index (χ3v) is 16.3. The number of ether oxygens (including phenoxy) is 2. The Bertz CT molecular complexity index is 1170. The van der Waals surface area contributed by atoms with Crippen LogP contribution in [0.5, 0.6) is 0 Å². The van der Waals surface area contributed by atoms with Crippen molar-refractivity contribution in [2.24, 2.45) is 35.0 Å². The highest BCUT2D eigenvalue weighted by atomic mass is 31.2. The topological polar surface area (TPSA) is 203 Å². The Morgan fingerprint density at radius 3 is 2.43 bits per heavy atom. The number of nitrogens with one attached hydrogen (secondary N) is 1. The standard InChI is InChI=1S/C33H57NO11P2/c1-3-4-5-6-8-28-25-10-9-24-22-20-27(35)26-19-21(13-16-31(26,2)23(22)14-17-32(24,25)45-28)44-30(37)12-11-29(36)34-18-7-15-33(38,46(39)40)47(41,42)43/h21-28,35,38-40H,3-20H2,1-2H3,(H,34,36)(H2,41,42,43)/t21?,22?,23-,24?,25?,26?,27-,28?,31?,32?,33?/m0/s1. The molecule has 1 aliphatic heterocycles. The molecule has 5 fully saturated rings. The number of hydrogen-bond donors (Lipinski definition) is 7. The van der Waals surface area contributed by atoms with E-state index in [1.807, 2.05) is 0 Å². The average molecular weight is 706 g/mol. The van der Waals surface area contributed by atoms with Crippen LogP contribution in [-0.2, 0) is 23.6 Å². The third-order valence-electron chi connectivity index (χ3n) is 12.9. The number of carbonyl (C=O) groups is 2. The van der Waals surface area contributed by atoms with Crippen molar-refractivity contribution >= 4 is 27.8 Å². The maximum Gasteiger partial charge on any atom is 0.366 e. The Hall–Kier alpha value is -0.680. The van der Waals surface area contributed by atoms with Crippen LogP contribution in [0.3, 0.4) is 0 Å². The van der Waals surface area contributed by atoms with Gasteiger partial charge in [-0.2, -0.15) is 0 Å². The number of carbonyl (C=O) groups excluding carboxylic acids is 2. The van der Waals surface area contributed by atoms with Crippen LogP contribution in [0.4, 0.5) is 0 Å². The van der Waals surface area contributed by atoms with Crippen molar-refractivity contribution in [3.05, 3.63) is 0 Å². The number of amides is 1. The summed E-state index contributed by atoms with van der Waals surface area (Å²) in [5.41, 5.74) is 0.0286. The summed E-state index contributed by atoms with van der Waals surface area (Å²) in [6.45, 7) is 4.53. The lowest BCUT2D eigenvalue weighted by Crippen LogP contribution is -2.66. The van der Waals surface area contributed by atoms with Crippen LogP contribution >= 0.6 is 16.0 Å². The molecule has 0 aromatic heterocycles. The van der Waals surface area contributed by atoms with Gasteiger partial charge in [0.05, 0.1) is 24.2 Å². The smallest absolute Gasteiger partial charge is 0.366 e. The number of aliphatic hydroxyl groups is 2. The van der Waals surface area contributed by atoms with Crippen molar-refractivity contribution in [2.75, 3.05) is 6.54 Å². The average Bonchev–Trinajstić information content (AvgIpc) is 3.30. The Labute approximate surface area is 279 Å². The molecule has 14 heteroatoms. The number of aliphatic hydroxyl groups excluding tert-OH is 1. The van der Waals surface area contributed by atoms with Crippen LogP contribution in [-0.4, -0.2) is 77.2 Å². The van der Waals surface area contributed by atoms with Crippen LogP contribution < -0.4 is 5.32 Å². The summed E-state index contributed by atoms with van der Waals surface area (Å²) in [5, 5.41) is 21.1. The Morgan fingerprint density at radius 2 is 1.72 bits per heavy atom. The van der Waals surface area contributed by atoms with E-state index >= 15 is 0 Å². The van der Waals surface area contributed by atoms with Gasteiger partial charge in [0.2, 0.25) is 19.4 Å². The summed E-state index contributed by atoms with van der Waals surface area (Å²) in [4.78, 5) is 61.9. The molecule has 1 saturated heterocycles. The molecule has 9 unspecified atom stereocenters. The highest BCUT2D eigenvalue weighted by molar-refractivity contribution is 7.69. The second-order valence-corrected chi connectivity index (χ2v) is 18.9. The molecule has 11 atom stereocenters. The molecular formula is C33H57NO11P2. The summed E-state index contributed by atoms with van der Waals surface area (Å²) >= 11 is 0. The predicted molar refractivity (Wildman–Crippen MR) is 175 cm³/mol. The van der Waals surface area contributed by atoms with E-state index in [1.54, 1.807) is 0 Å². The fourth-order valence-corrected chi connectivity index (χ4v) is 12.3. The zero-order valence-corrected chi connectivity index (χ0v) is 29.8. The minimum atomic E-state index is -5.20. The van der Waals surface area contributed by atoms with E-state index in [9.17, 15) is 43.9 Å². The van der Waals surface area contributed by atoms with Crippen LogP contribution in [0.1, 0.15) is 123 Å². The van der Waals surface area contributed by atoms with Crippen molar-refractivity contribution in [1.29, 1.82) is 0 Å². The SMILES string of the molecule is CCCCCCC1OC23CC[C@H]4C(C[C@H](O)C5CC(OC(=O)CCC(=O)NCCCC(O)(P(O)O)P(=O)(O)O)CCC54C)C2CCC13. The van der Waals surface area contributed by atoms with Gasteiger partial charge in [-0.15, -0.1) is 0 Å². The summed E-state index contributed by atoms with van der Waals surface area (Å²) in [6, 6.07) is 0. The molecule has 0 bridgehead atoms. The zero-order chi connectivity index (χ0) is 34.2. The maximum absolute atomic E-state index is 12.7. The lowest BCUT2D eigenvalue weighted by atomic mass is 9.45. The first-order valence-electron chi connectivity index (χ1n) is 17.9. The predicted octanol–water partition coefficient (Wildman–Crippen LogP) is 4.43. The van der Waals surface area contributed by atoms with Crippen LogP contribution in [0.2, 0.25) is 0 Å².